The van der Waals surface area contributed by atoms with Gasteiger partial charge in [0.05, 0.1) is 17.0 Å². The molecule has 33 heavy (non-hydrogen) atoms. The Labute approximate surface area is 180 Å². The van der Waals surface area contributed by atoms with Crippen LogP contribution >= 0.6 is 0 Å². The van der Waals surface area contributed by atoms with Crippen molar-refractivity contribution in [3.8, 4) is 0 Å². The SMILES string of the molecule is O=c1oc2ncccc2c2c3cc(C(F)(F)F)ccc3n(Cc3cc([N+](=O)[O-])ccc3F)c12. The first-order valence-electron chi connectivity index (χ1n) is 9.49. The first kappa shape index (κ1) is 20.6. The second-order valence-electron chi connectivity index (χ2n) is 7.32. The van der Waals surface area contributed by atoms with Gasteiger partial charge < -0.3 is 8.98 Å². The lowest BCUT2D eigenvalue weighted by Crippen LogP contribution is -2.10. The van der Waals surface area contributed by atoms with E-state index >= 15 is 0 Å². The summed E-state index contributed by atoms with van der Waals surface area (Å²) in [6.45, 7) is -0.352. The molecule has 7 nitrogen and oxygen atoms in total. The number of halogens is 4. The number of hydrogen-bond donors (Lipinski definition) is 0. The maximum Gasteiger partial charge on any atom is 0.416 e. The number of nitro groups is 1. The highest BCUT2D eigenvalue weighted by Crippen LogP contribution is 2.37. The van der Waals surface area contributed by atoms with Gasteiger partial charge in [-0.2, -0.15) is 13.2 Å². The molecule has 5 aromatic rings. The molecule has 0 fully saturated rings. The van der Waals surface area contributed by atoms with E-state index in [1.807, 2.05) is 0 Å². The van der Waals surface area contributed by atoms with E-state index in [4.69, 9.17) is 4.42 Å². The second-order valence-corrected chi connectivity index (χ2v) is 7.32. The number of alkyl halides is 3. The highest BCUT2D eigenvalue weighted by Gasteiger charge is 2.31. The summed E-state index contributed by atoms with van der Waals surface area (Å²) in [5.74, 6) is -0.769. The van der Waals surface area contributed by atoms with Gasteiger partial charge in [0.1, 0.15) is 11.3 Å². The molecule has 11 heteroatoms. The van der Waals surface area contributed by atoms with Crippen molar-refractivity contribution < 1.29 is 26.9 Å². The molecule has 0 saturated heterocycles. The molecule has 0 radical (unpaired) electrons. The summed E-state index contributed by atoms with van der Waals surface area (Å²) in [5, 5.41) is 11.7. The number of fused-ring (bicyclic) bond motifs is 5. The molecule has 0 bridgehead atoms. The van der Waals surface area contributed by atoms with Gasteiger partial charge in [0.15, 0.2) is 0 Å². The predicted molar refractivity (Wildman–Crippen MR) is 110 cm³/mol. The molecule has 0 N–H and O–H groups in total. The van der Waals surface area contributed by atoms with Gasteiger partial charge in [-0.1, -0.05) is 0 Å². The Hall–Kier alpha value is -4.28. The predicted octanol–water partition coefficient (Wildman–Crippen LogP) is 5.41. The zero-order chi connectivity index (χ0) is 23.5. The summed E-state index contributed by atoms with van der Waals surface area (Å²) < 4.78 is 61.3. The third-order valence-corrected chi connectivity index (χ3v) is 5.38. The van der Waals surface area contributed by atoms with Gasteiger partial charge >= 0.3 is 11.8 Å². The number of non-ortho nitro benzene ring substituents is 1. The molecule has 3 heterocycles. The number of nitrogens with zero attached hydrogens (tertiary/aromatic N) is 3. The molecule has 0 saturated carbocycles. The third-order valence-electron chi connectivity index (χ3n) is 5.38. The van der Waals surface area contributed by atoms with E-state index in [1.165, 1.54) is 16.8 Å². The lowest BCUT2D eigenvalue weighted by molar-refractivity contribution is -0.385. The van der Waals surface area contributed by atoms with Crippen LogP contribution in [-0.2, 0) is 12.7 Å². The Morgan fingerprint density at radius 3 is 2.61 bits per heavy atom. The molecule has 0 spiro atoms. The van der Waals surface area contributed by atoms with Gasteiger partial charge in [0.25, 0.3) is 5.69 Å². The van der Waals surface area contributed by atoms with Crippen LogP contribution in [0.5, 0.6) is 0 Å². The van der Waals surface area contributed by atoms with Crippen molar-refractivity contribution in [3.05, 3.63) is 92.2 Å². The highest BCUT2D eigenvalue weighted by molar-refractivity contribution is 6.18. The molecule has 0 aliphatic rings. The minimum atomic E-state index is -4.64. The lowest BCUT2D eigenvalue weighted by atomic mass is 10.1. The molecule has 2 aromatic carbocycles. The lowest BCUT2D eigenvalue weighted by Gasteiger charge is -2.09. The zero-order valence-electron chi connectivity index (χ0n) is 16.4. The standard InChI is InChI=1S/C22H11F4N3O4/c23-16-5-4-13(29(31)32)8-11(16)10-28-17-6-3-12(22(24,25)26)9-15(17)18-14-2-1-7-27-20(14)33-21(30)19(18)28/h1-9H,10H2. The van der Waals surface area contributed by atoms with Gasteiger partial charge in [0, 0.05) is 45.6 Å². The van der Waals surface area contributed by atoms with Crippen molar-refractivity contribution in [2.45, 2.75) is 12.7 Å². The average molecular weight is 457 g/mol. The topological polar surface area (TPSA) is 91.2 Å². The van der Waals surface area contributed by atoms with Crippen LogP contribution in [0.25, 0.3) is 32.9 Å². The molecule has 166 valence electrons. The Kier molecular flexibility index (Phi) is 4.45. The van der Waals surface area contributed by atoms with Gasteiger partial charge in [-0.3, -0.25) is 10.1 Å². The van der Waals surface area contributed by atoms with Gasteiger partial charge in [-0.15, -0.1) is 0 Å². The van der Waals surface area contributed by atoms with Crippen molar-refractivity contribution in [1.29, 1.82) is 0 Å². The number of pyridine rings is 1. The Bertz CT molecular complexity index is 1650. The van der Waals surface area contributed by atoms with Crippen molar-refractivity contribution in [3.63, 3.8) is 0 Å². The molecule has 0 amide bonds. The van der Waals surface area contributed by atoms with Crippen molar-refractivity contribution in [1.82, 2.24) is 9.55 Å². The van der Waals surface area contributed by atoms with Crippen LogP contribution in [0, 0.1) is 15.9 Å². The smallest absolute Gasteiger partial charge is 0.402 e. The molecule has 0 unspecified atom stereocenters. The summed E-state index contributed by atoms with van der Waals surface area (Å²) in [4.78, 5) is 27.3. The van der Waals surface area contributed by atoms with Crippen molar-refractivity contribution in [2.75, 3.05) is 0 Å². The normalized spacial score (nSPS) is 12.1. The van der Waals surface area contributed by atoms with Crippen LogP contribution in [0.15, 0.2) is 63.9 Å². The minimum absolute atomic E-state index is 0.0620. The largest absolute Gasteiger partial charge is 0.416 e. The zero-order valence-corrected chi connectivity index (χ0v) is 16.4. The fourth-order valence-corrected chi connectivity index (χ4v) is 3.94. The fourth-order valence-electron chi connectivity index (χ4n) is 3.94. The molecular formula is C22H11F4N3O4. The molecule has 0 aliphatic heterocycles. The third kappa shape index (κ3) is 3.28. The van der Waals surface area contributed by atoms with Crippen LogP contribution in [0.3, 0.4) is 0 Å². The van der Waals surface area contributed by atoms with E-state index < -0.39 is 28.1 Å². The van der Waals surface area contributed by atoms with Gasteiger partial charge in [-0.25, -0.2) is 14.2 Å². The van der Waals surface area contributed by atoms with Gasteiger partial charge in [0.2, 0.25) is 5.71 Å². The monoisotopic (exact) mass is 457 g/mol. The Morgan fingerprint density at radius 1 is 1.09 bits per heavy atom. The molecule has 0 atom stereocenters. The summed E-state index contributed by atoms with van der Waals surface area (Å²) in [6, 6.07) is 8.95. The van der Waals surface area contributed by atoms with E-state index in [1.54, 1.807) is 12.1 Å². The average Bonchev–Trinajstić information content (AvgIpc) is 3.09. The molecule has 0 aliphatic carbocycles. The number of aromatic nitrogens is 2. The van der Waals surface area contributed by atoms with Crippen LogP contribution in [0.4, 0.5) is 23.2 Å². The highest BCUT2D eigenvalue weighted by atomic mass is 19.4. The van der Waals surface area contributed by atoms with Gasteiger partial charge in [-0.05, 0) is 36.4 Å². The van der Waals surface area contributed by atoms with E-state index in [0.717, 1.165) is 30.3 Å². The minimum Gasteiger partial charge on any atom is -0.402 e. The first-order valence-corrected chi connectivity index (χ1v) is 9.49. The summed E-state index contributed by atoms with van der Waals surface area (Å²) in [7, 11) is 0. The van der Waals surface area contributed by atoms with Crippen LogP contribution < -0.4 is 5.63 Å². The maximum absolute atomic E-state index is 14.5. The van der Waals surface area contributed by atoms with E-state index in [-0.39, 0.29) is 45.3 Å². The summed E-state index contributed by atoms with van der Waals surface area (Å²) in [6.07, 6.45) is -3.27. The number of benzene rings is 2. The molecule has 3 aromatic heterocycles. The fraction of sp³-hybridized carbons (Fsp3) is 0.0909. The maximum atomic E-state index is 14.5. The van der Waals surface area contributed by atoms with Crippen LogP contribution in [0.2, 0.25) is 0 Å². The van der Waals surface area contributed by atoms with E-state index in [0.29, 0.717) is 5.39 Å². The van der Waals surface area contributed by atoms with Crippen molar-refractivity contribution >= 4 is 38.6 Å². The van der Waals surface area contributed by atoms with Crippen molar-refractivity contribution in [2.24, 2.45) is 0 Å². The molecule has 5 rings (SSSR count). The summed E-state index contributed by atoms with van der Waals surface area (Å²) in [5.41, 5.74) is -2.26. The van der Waals surface area contributed by atoms with E-state index in [9.17, 15) is 32.5 Å². The van der Waals surface area contributed by atoms with E-state index in [2.05, 4.69) is 4.98 Å². The second kappa shape index (κ2) is 7.12. The molecular weight excluding hydrogens is 446 g/mol. The number of hydrogen-bond acceptors (Lipinski definition) is 5. The Balaban J connectivity index is 1.89. The van der Waals surface area contributed by atoms with Crippen LogP contribution in [-0.4, -0.2) is 14.5 Å². The Morgan fingerprint density at radius 2 is 1.88 bits per heavy atom. The first-order chi connectivity index (χ1) is 15.6. The summed E-state index contributed by atoms with van der Waals surface area (Å²) >= 11 is 0. The van der Waals surface area contributed by atoms with Crippen LogP contribution in [0.1, 0.15) is 11.1 Å². The number of rotatable bonds is 3. The quantitative estimate of drug-likeness (QED) is 0.205. The number of nitro benzene ring substituents is 1.